The van der Waals surface area contributed by atoms with E-state index < -0.39 is 6.10 Å². The van der Waals surface area contributed by atoms with Crippen LogP contribution in [0, 0.1) is 5.82 Å². The SMILES string of the molecule is OC(CNCc1sccc1Br)c1ccccc1F. The van der Waals surface area contributed by atoms with Crippen molar-refractivity contribution in [3.8, 4) is 0 Å². The van der Waals surface area contributed by atoms with Gasteiger partial charge in [-0.05, 0) is 33.4 Å². The molecule has 1 unspecified atom stereocenters. The van der Waals surface area contributed by atoms with Crippen LogP contribution in [0.3, 0.4) is 0 Å². The van der Waals surface area contributed by atoms with Crippen LogP contribution in [0.1, 0.15) is 16.5 Å². The first-order valence-electron chi connectivity index (χ1n) is 5.53. The second kappa shape index (κ2) is 6.43. The lowest BCUT2D eigenvalue weighted by Crippen LogP contribution is -2.21. The van der Waals surface area contributed by atoms with Gasteiger partial charge in [0.05, 0.1) is 6.10 Å². The molecule has 96 valence electrons. The van der Waals surface area contributed by atoms with E-state index >= 15 is 0 Å². The Morgan fingerprint density at radius 1 is 1.33 bits per heavy atom. The molecule has 2 nitrogen and oxygen atoms in total. The van der Waals surface area contributed by atoms with Crippen LogP contribution < -0.4 is 5.32 Å². The fraction of sp³-hybridized carbons (Fsp3) is 0.231. The molecule has 0 saturated carbocycles. The Bertz CT molecular complexity index is 517. The van der Waals surface area contributed by atoms with Gasteiger partial charge in [0.15, 0.2) is 0 Å². The lowest BCUT2D eigenvalue weighted by molar-refractivity contribution is 0.170. The van der Waals surface area contributed by atoms with Crippen molar-refractivity contribution in [3.63, 3.8) is 0 Å². The van der Waals surface area contributed by atoms with Crippen LogP contribution in [-0.2, 0) is 6.54 Å². The largest absolute Gasteiger partial charge is 0.387 e. The zero-order chi connectivity index (χ0) is 13.0. The van der Waals surface area contributed by atoms with Crippen molar-refractivity contribution in [2.45, 2.75) is 12.6 Å². The van der Waals surface area contributed by atoms with Gasteiger partial charge in [-0.2, -0.15) is 0 Å². The van der Waals surface area contributed by atoms with Gasteiger partial charge in [-0.3, -0.25) is 0 Å². The fourth-order valence-corrected chi connectivity index (χ4v) is 3.09. The molecule has 0 amide bonds. The molecule has 0 fully saturated rings. The quantitative estimate of drug-likeness (QED) is 0.880. The molecule has 2 aromatic rings. The van der Waals surface area contributed by atoms with Gasteiger partial charge in [0.2, 0.25) is 0 Å². The average Bonchev–Trinajstić information content (AvgIpc) is 2.75. The summed E-state index contributed by atoms with van der Waals surface area (Å²) in [5, 5.41) is 15.0. The lowest BCUT2D eigenvalue weighted by Gasteiger charge is -2.12. The Balaban J connectivity index is 1.87. The summed E-state index contributed by atoms with van der Waals surface area (Å²) in [5.41, 5.74) is 0.329. The maximum atomic E-state index is 13.4. The first kappa shape index (κ1) is 13.7. The van der Waals surface area contributed by atoms with Gasteiger partial charge in [-0.1, -0.05) is 18.2 Å². The normalized spacial score (nSPS) is 12.6. The number of hydrogen-bond acceptors (Lipinski definition) is 3. The third-order valence-electron chi connectivity index (χ3n) is 2.58. The van der Waals surface area contributed by atoms with E-state index in [0.29, 0.717) is 18.7 Å². The summed E-state index contributed by atoms with van der Waals surface area (Å²) < 4.78 is 14.5. The predicted octanol–water partition coefficient (Wildman–Crippen LogP) is 3.47. The van der Waals surface area contributed by atoms with Crippen molar-refractivity contribution in [3.05, 3.63) is 56.4 Å². The highest BCUT2D eigenvalue weighted by Gasteiger charge is 2.11. The van der Waals surface area contributed by atoms with Crippen LogP contribution >= 0.6 is 27.3 Å². The van der Waals surface area contributed by atoms with Crippen LogP contribution in [0.5, 0.6) is 0 Å². The minimum atomic E-state index is -0.829. The molecule has 2 rings (SSSR count). The van der Waals surface area contributed by atoms with E-state index in [2.05, 4.69) is 21.2 Å². The zero-order valence-electron chi connectivity index (χ0n) is 9.57. The monoisotopic (exact) mass is 329 g/mol. The Hall–Kier alpha value is -0.750. The minimum absolute atomic E-state index is 0.325. The van der Waals surface area contributed by atoms with Gasteiger partial charge in [0, 0.05) is 28.0 Å². The number of hydrogen-bond donors (Lipinski definition) is 2. The molecule has 0 saturated heterocycles. The smallest absolute Gasteiger partial charge is 0.129 e. The highest BCUT2D eigenvalue weighted by atomic mass is 79.9. The minimum Gasteiger partial charge on any atom is -0.387 e. The van der Waals surface area contributed by atoms with Crippen molar-refractivity contribution >= 4 is 27.3 Å². The molecule has 1 heterocycles. The van der Waals surface area contributed by atoms with E-state index in [1.807, 2.05) is 11.4 Å². The zero-order valence-corrected chi connectivity index (χ0v) is 12.0. The summed E-state index contributed by atoms with van der Waals surface area (Å²) in [7, 11) is 0. The molecule has 0 aliphatic rings. The van der Waals surface area contributed by atoms with Crippen LogP contribution in [0.25, 0.3) is 0 Å². The predicted molar refractivity (Wildman–Crippen MR) is 75.1 cm³/mol. The van der Waals surface area contributed by atoms with Crippen molar-refractivity contribution in [1.29, 1.82) is 0 Å². The van der Waals surface area contributed by atoms with Gasteiger partial charge < -0.3 is 10.4 Å². The first-order valence-corrected chi connectivity index (χ1v) is 7.21. The third-order valence-corrected chi connectivity index (χ3v) is 4.50. The number of rotatable bonds is 5. The summed E-state index contributed by atoms with van der Waals surface area (Å²) >= 11 is 5.07. The van der Waals surface area contributed by atoms with Gasteiger partial charge in [0.25, 0.3) is 0 Å². The second-order valence-electron chi connectivity index (χ2n) is 3.86. The topological polar surface area (TPSA) is 32.3 Å². The fourth-order valence-electron chi connectivity index (χ4n) is 1.63. The van der Waals surface area contributed by atoms with Crippen molar-refractivity contribution in [2.75, 3.05) is 6.54 Å². The highest BCUT2D eigenvalue weighted by Crippen LogP contribution is 2.22. The molecule has 1 atom stereocenters. The van der Waals surface area contributed by atoms with E-state index in [1.165, 1.54) is 6.07 Å². The molecule has 5 heteroatoms. The number of halogens is 2. The number of nitrogens with one attached hydrogen (secondary N) is 1. The van der Waals surface area contributed by atoms with Crippen LogP contribution in [0.4, 0.5) is 4.39 Å². The lowest BCUT2D eigenvalue weighted by atomic mass is 10.1. The molecular weight excluding hydrogens is 317 g/mol. The van der Waals surface area contributed by atoms with Gasteiger partial charge in [-0.25, -0.2) is 4.39 Å². The van der Waals surface area contributed by atoms with Gasteiger partial charge >= 0.3 is 0 Å². The van der Waals surface area contributed by atoms with Crippen molar-refractivity contribution < 1.29 is 9.50 Å². The maximum absolute atomic E-state index is 13.4. The Morgan fingerprint density at radius 3 is 2.78 bits per heavy atom. The Kier molecular flexibility index (Phi) is 4.88. The number of aliphatic hydroxyl groups is 1. The van der Waals surface area contributed by atoms with E-state index in [9.17, 15) is 9.50 Å². The molecule has 1 aromatic carbocycles. The van der Waals surface area contributed by atoms with E-state index in [4.69, 9.17) is 0 Å². The summed E-state index contributed by atoms with van der Waals surface area (Å²) in [6.07, 6.45) is -0.829. The molecule has 0 radical (unpaired) electrons. The van der Waals surface area contributed by atoms with E-state index in [1.54, 1.807) is 29.5 Å². The summed E-state index contributed by atoms with van der Waals surface area (Å²) in [6, 6.07) is 8.27. The van der Waals surface area contributed by atoms with Crippen molar-refractivity contribution in [2.24, 2.45) is 0 Å². The molecule has 2 N–H and O–H groups in total. The van der Waals surface area contributed by atoms with Crippen LogP contribution in [0.15, 0.2) is 40.2 Å². The van der Waals surface area contributed by atoms with Gasteiger partial charge in [-0.15, -0.1) is 11.3 Å². The summed E-state index contributed by atoms with van der Waals surface area (Å²) in [5.74, 6) is -0.371. The molecule has 0 aliphatic heterocycles. The van der Waals surface area contributed by atoms with Crippen LogP contribution in [-0.4, -0.2) is 11.7 Å². The summed E-state index contributed by atoms with van der Waals surface area (Å²) in [4.78, 5) is 1.16. The number of thiophene rings is 1. The van der Waals surface area contributed by atoms with E-state index in [-0.39, 0.29) is 5.82 Å². The maximum Gasteiger partial charge on any atom is 0.129 e. The van der Waals surface area contributed by atoms with Crippen molar-refractivity contribution in [1.82, 2.24) is 5.32 Å². The Morgan fingerprint density at radius 2 is 2.11 bits per heavy atom. The standard InChI is InChI=1S/C13H13BrFNOS/c14-10-5-6-18-13(10)8-16-7-12(17)9-3-1-2-4-11(9)15/h1-6,12,16-17H,7-8H2. The first-order chi connectivity index (χ1) is 8.68. The third kappa shape index (κ3) is 3.38. The van der Waals surface area contributed by atoms with Crippen LogP contribution in [0.2, 0.25) is 0 Å². The highest BCUT2D eigenvalue weighted by molar-refractivity contribution is 9.10. The van der Waals surface area contributed by atoms with E-state index in [0.717, 1.165) is 9.35 Å². The number of benzene rings is 1. The van der Waals surface area contributed by atoms with Gasteiger partial charge in [0.1, 0.15) is 5.82 Å². The average molecular weight is 330 g/mol. The number of aliphatic hydroxyl groups excluding tert-OH is 1. The molecule has 1 aromatic heterocycles. The second-order valence-corrected chi connectivity index (χ2v) is 5.71. The Labute approximate surface area is 118 Å². The molecular formula is C13H13BrFNOS. The summed E-state index contributed by atoms with van der Waals surface area (Å²) in [6.45, 7) is 0.981. The molecule has 0 bridgehead atoms. The molecule has 18 heavy (non-hydrogen) atoms. The molecule has 0 aliphatic carbocycles. The molecule has 0 spiro atoms.